The number of ether oxygens (including phenoxy) is 1. The summed E-state index contributed by atoms with van der Waals surface area (Å²) in [5.41, 5.74) is 1.35. The average Bonchev–Trinajstić information content (AvgIpc) is 2.74. The quantitative estimate of drug-likeness (QED) is 0.819. The van der Waals surface area contributed by atoms with Gasteiger partial charge >= 0.3 is 0 Å². The number of para-hydroxylation sites is 1. The number of piperidine rings is 1. The molecule has 1 aromatic carbocycles. The van der Waals surface area contributed by atoms with Crippen molar-refractivity contribution in [1.29, 1.82) is 0 Å². The molecule has 3 aliphatic rings. The van der Waals surface area contributed by atoms with Gasteiger partial charge in [0.15, 0.2) is 0 Å². The molecular formula is C22H33N3O2. The zero-order valence-electron chi connectivity index (χ0n) is 16.6. The number of hydrogen-bond acceptors (Lipinski definition) is 4. The Bertz CT molecular complexity index is 620. The van der Waals surface area contributed by atoms with Gasteiger partial charge in [-0.3, -0.25) is 9.69 Å². The van der Waals surface area contributed by atoms with Gasteiger partial charge in [-0.05, 0) is 37.8 Å². The first kappa shape index (κ1) is 18.8. The number of carbonyl (C=O) groups excluding carboxylic acids is 1. The van der Waals surface area contributed by atoms with Crippen LogP contribution in [0, 0.1) is 0 Å². The number of piperazine rings is 1. The molecule has 27 heavy (non-hydrogen) atoms. The molecule has 3 aliphatic heterocycles. The summed E-state index contributed by atoms with van der Waals surface area (Å²) < 4.78 is 6.30. The van der Waals surface area contributed by atoms with Crippen LogP contribution in [0.25, 0.3) is 0 Å². The van der Waals surface area contributed by atoms with E-state index in [-0.39, 0.29) is 11.5 Å². The van der Waals surface area contributed by atoms with Crippen LogP contribution in [0.3, 0.4) is 0 Å². The number of benzene rings is 1. The Morgan fingerprint density at radius 1 is 1.07 bits per heavy atom. The van der Waals surface area contributed by atoms with Crippen LogP contribution in [0.2, 0.25) is 0 Å². The smallest absolute Gasteiger partial charge is 0.222 e. The topological polar surface area (TPSA) is 36.0 Å². The predicted octanol–water partition coefficient (Wildman–Crippen LogP) is 2.76. The van der Waals surface area contributed by atoms with E-state index in [0.29, 0.717) is 12.5 Å². The minimum atomic E-state index is 0.00397. The van der Waals surface area contributed by atoms with E-state index in [1.54, 1.807) is 0 Å². The number of amides is 1. The van der Waals surface area contributed by atoms with Crippen molar-refractivity contribution >= 4 is 11.6 Å². The van der Waals surface area contributed by atoms with Crippen LogP contribution in [0.5, 0.6) is 0 Å². The number of nitrogens with zero attached hydrogens (tertiary/aromatic N) is 3. The number of likely N-dealkylation sites (tertiary alicyclic amines) is 1. The van der Waals surface area contributed by atoms with Crippen LogP contribution in [-0.4, -0.2) is 73.2 Å². The third-order valence-electron chi connectivity index (χ3n) is 6.75. The second kappa shape index (κ2) is 8.19. The molecule has 0 N–H and O–H groups in total. The molecule has 1 unspecified atom stereocenters. The molecule has 5 heteroatoms. The van der Waals surface area contributed by atoms with Gasteiger partial charge in [0.25, 0.3) is 0 Å². The third-order valence-corrected chi connectivity index (χ3v) is 6.75. The predicted molar refractivity (Wildman–Crippen MR) is 108 cm³/mol. The van der Waals surface area contributed by atoms with Crippen LogP contribution in [0.1, 0.15) is 39.0 Å². The fourth-order valence-electron chi connectivity index (χ4n) is 5.03. The average molecular weight is 372 g/mol. The minimum absolute atomic E-state index is 0.00397. The summed E-state index contributed by atoms with van der Waals surface area (Å²) in [4.78, 5) is 19.2. The lowest BCUT2D eigenvalue weighted by Gasteiger charge is -2.50. The molecule has 0 saturated carbocycles. The highest BCUT2D eigenvalue weighted by molar-refractivity contribution is 5.75. The summed E-state index contributed by atoms with van der Waals surface area (Å²) in [5.74, 6) is 0.286. The van der Waals surface area contributed by atoms with Crippen LogP contribution in [0.15, 0.2) is 30.3 Å². The first-order valence-corrected chi connectivity index (χ1v) is 10.6. The van der Waals surface area contributed by atoms with Crippen LogP contribution >= 0.6 is 0 Å². The first-order chi connectivity index (χ1) is 13.2. The largest absolute Gasteiger partial charge is 0.375 e. The molecule has 3 saturated heterocycles. The maximum Gasteiger partial charge on any atom is 0.222 e. The van der Waals surface area contributed by atoms with Crippen molar-refractivity contribution in [2.75, 3.05) is 50.8 Å². The second-order valence-electron chi connectivity index (χ2n) is 8.27. The van der Waals surface area contributed by atoms with E-state index in [2.05, 4.69) is 40.1 Å². The first-order valence-electron chi connectivity index (χ1n) is 10.6. The lowest BCUT2D eigenvalue weighted by Crippen LogP contribution is -2.57. The standard InChI is InChI=1S/C22H33N3O2/c1-2-21(26)25-11-9-22(10-12-25)18-20(8-17-27-22)24-15-13-23(14-16-24)19-6-4-3-5-7-19/h3-7,20H,2,8-18H2,1H3. The Kier molecular flexibility index (Phi) is 5.69. The van der Waals surface area contributed by atoms with Gasteiger partial charge in [-0.1, -0.05) is 25.1 Å². The SMILES string of the molecule is CCC(=O)N1CCC2(CC1)CC(N1CCN(c3ccccc3)CC1)CCO2. The zero-order valence-corrected chi connectivity index (χ0v) is 16.6. The maximum absolute atomic E-state index is 12.0. The van der Waals surface area contributed by atoms with Gasteiger partial charge in [0.2, 0.25) is 5.91 Å². The molecule has 5 nitrogen and oxygen atoms in total. The van der Waals surface area contributed by atoms with Crippen molar-refractivity contribution in [1.82, 2.24) is 9.80 Å². The van der Waals surface area contributed by atoms with Crippen LogP contribution < -0.4 is 4.90 Å². The monoisotopic (exact) mass is 371 g/mol. The fraction of sp³-hybridized carbons (Fsp3) is 0.682. The summed E-state index contributed by atoms with van der Waals surface area (Å²) in [6.45, 7) is 9.02. The molecule has 0 aliphatic carbocycles. The van der Waals surface area contributed by atoms with Crippen LogP contribution in [0.4, 0.5) is 5.69 Å². The highest BCUT2D eigenvalue weighted by Crippen LogP contribution is 2.37. The van der Waals surface area contributed by atoms with Crippen LogP contribution in [-0.2, 0) is 9.53 Å². The molecule has 1 aromatic rings. The second-order valence-corrected chi connectivity index (χ2v) is 8.27. The number of hydrogen-bond donors (Lipinski definition) is 0. The minimum Gasteiger partial charge on any atom is -0.375 e. The normalized spacial score (nSPS) is 26.3. The van der Waals surface area contributed by atoms with Crippen molar-refractivity contribution in [3.8, 4) is 0 Å². The number of rotatable bonds is 3. The van der Waals surface area contributed by atoms with Crippen molar-refractivity contribution in [3.63, 3.8) is 0 Å². The Balaban J connectivity index is 1.31. The number of carbonyl (C=O) groups is 1. The summed E-state index contributed by atoms with van der Waals surface area (Å²) in [6.07, 6.45) is 4.89. The van der Waals surface area contributed by atoms with E-state index >= 15 is 0 Å². The molecule has 1 spiro atoms. The fourth-order valence-corrected chi connectivity index (χ4v) is 5.03. The highest BCUT2D eigenvalue weighted by atomic mass is 16.5. The molecule has 0 bridgehead atoms. The van der Waals surface area contributed by atoms with Gasteiger partial charge in [0.05, 0.1) is 5.60 Å². The number of anilines is 1. The van der Waals surface area contributed by atoms with Gasteiger partial charge in [-0.15, -0.1) is 0 Å². The Morgan fingerprint density at radius 3 is 2.44 bits per heavy atom. The lowest BCUT2D eigenvalue weighted by molar-refractivity contribution is -0.149. The highest BCUT2D eigenvalue weighted by Gasteiger charge is 2.42. The van der Waals surface area contributed by atoms with E-state index in [4.69, 9.17) is 4.74 Å². The van der Waals surface area contributed by atoms with E-state index < -0.39 is 0 Å². The molecule has 148 valence electrons. The summed E-state index contributed by atoms with van der Waals surface area (Å²) in [6, 6.07) is 11.4. The summed E-state index contributed by atoms with van der Waals surface area (Å²) in [7, 11) is 0. The third kappa shape index (κ3) is 4.14. The molecule has 3 fully saturated rings. The van der Waals surface area contributed by atoms with Crippen molar-refractivity contribution in [2.45, 2.75) is 50.7 Å². The van der Waals surface area contributed by atoms with E-state index in [9.17, 15) is 4.79 Å². The lowest BCUT2D eigenvalue weighted by atomic mass is 9.81. The summed E-state index contributed by atoms with van der Waals surface area (Å²) in [5, 5.41) is 0. The van der Waals surface area contributed by atoms with Gasteiger partial charge in [0.1, 0.15) is 0 Å². The molecular weight excluding hydrogens is 338 g/mol. The molecule has 4 rings (SSSR count). The molecule has 0 aromatic heterocycles. The Morgan fingerprint density at radius 2 is 1.78 bits per heavy atom. The Labute approximate surface area is 163 Å². The van der Waals surface area contributed by atoms with E-state index in [0.717, 1.165) is 71.6 Å². The van der Waals surface area contributed by atoms with Gasteiger partial charge in [0, 0.05) is 64.0 Å². The van der Waals surface area contributed by atoms with Crippen molar-refractivity contribution < 1.29 is 9.53 Å². The zero-order chi connectivity index (χ0) is 18.7. The van der Waals surface area contributed by atoms with E-state index in [1.807, 2.05) is 11.8 Å². The van der Waals surface area contributed by atoms with Crippen molar-refractivity contribution in [2.24, 2.45) is 0 Å². The molecule has 1 amide bonds. The Hall–Kier alpha value is -1.59. The van der Waals surface area contributed by atoms with E-state index in [1.165, 1.54) is 5.69 Å². The van der Waals surface area contributed by atoms with Gasteiger partial charge in [-0.2, -0.15) is 0 Å². The summed E-state index contributed by atoms with van der Waals surface area (Å²) >= 11 is 0. The van der Waals surface area contributed by atoms with Gasteiger partial charge in [-0.25, -0.2) is 0 Å². The molecule has 0 radical (unpaired) electrons. The molecule has 3 heterocycles. The maximum atomic E-state index is 12.0. The molecule has 1 atom stereocenters. The van der Waals surface area contributed by atoms with Gasteiger partial charge < -0.3 is 14.5 Å². The van der Waals surface area contributed by atoms with Crippen molar-refractivity contribution in [3.05, 3.63) is 30.3 Å².